The zero-order chi connectivity index (χ0) is 23.7. The summed E-state index contributed by atoms with van der Waals surface area (Å²) in [4.78, 5) is 20.7. The summed E-state index contributed by atoms with van der Waals surface area (Å²) >= 11 is 13.1. The van der Waals surface area contributed by atoms with Crippen LogP contribution in [0.3, 0.4) is 0 Å². The van der Waals surface area contributed by atoms with Crippen molar-refractivity contribution < 1.29 is 24.1 Å². The molecule has 2 aromatic carbocycles. The van der Waals surface area contributed by atoms with Gasteiger partial charge in [-0.1, -0.05) is 29.3 Å². The molecule has 1 saturated carbocycles. The van der Waals surface area contributed by atoms with E-state index in [1.54, 1.807) is 12.3 Å². The second-order valence-corrected chi connectivity index (χ2v) is 8.52. The molecular weight excluding hydrogens is 469 g/mol. The Morgan fingerprint density at radius 3 is 2.42 bits per heavy atom. The molecule has 2 N–H and O–H groups in total. The van der Waals surface area contributed by atoms with Gasteiger partial charge in [0.15, 0.2) is 0 Å². The van der Waals surface area contributed by atoms with Gasteiger partial charge in [-0.2, -0.15) is 0 Å². The largest absolute Gasteiger partial charge is 0.495 e. The summed E-state index contributed by atoms with van der Waals surface area (Å²) in [5, 5.41) is 15.0. The lowest BCUT2D eigenvalue weighted by atomic mass is 10.0. The number of carbonyl (C=O) groups excluding carboxylic acids is 1. The van der Waals surface area contributed by atoms with Crippen molar-refractivity contribution in [1.82, 2.24) is 9.97 Å². The number of nitrogens with zero attached hydrogens (tertiary/aromatic N) is 2. The maximum atomic E-state index is 11.8. The van der Waals surface area contributed by atoms with Crippen LogP contribution < -0.4 is 14.8 Å². The van der Waals surface area contributed by atoms with Crippen LogP contribution in [0, 0.1) is 5.92 Å². The first-order valence-corrected chi connectivity index (χ1v) is 11.0. The van der Waals surface area contributed by atoms with Crippen LogP contribution in [0.5, 0.6) is 11.5 Å². The van der Waals surface area contributed by atoms with E-state index >= 15 is 0 Å². The molecule has 1 unspecified atom stereocenters. The smallest absolute Gasteiger partial charge is 0.308 e. The fourth-order valence-electron chi connectivity index (χ4n) is 4.09. The van der Waals surface area contributed by atoms with Crippen LogP contribution in [-0.4, -0.2) is 54.5 Å². The summed E-state index contributed by atoms with van der Waals surface area (Å²) in [6, 6.07) is 6.86. The normalized spacial score (nSPS) is 20.0. The fourth-order valence-corrected chi connectivity index (χ4v) is 4.81. The molecule has 1 aromatic heterocycles. The van der Waals surface area contributed by atoms with Gasteiger partial charge in [0.1, 0.15) is 11.5 Å². The lowest BCUT2D eigenvalue weighted by Crippen LogP contribution is -2.28. The van der Waals surface area contributed by atoms with Gasteiger partial charge >= 0.3 is 5.97 Å². The Hall–Kier alpha value is -2.81. The third-order valence-electron chi connectivity index (χ3n) is 5.82. The number of rotatable bonds is 6. The fraction of sp³-hybridized carbons (Fsp3) is 0.348. The van der Waals surface area contributed by atoms with Crippen molar-refractivity contribution in [2.24, 2.45) is 5.92 Å². The van der Waals surface area contributed by atoms with Gasteiger partial charge in [0.25, 0.3) is 0 Å². The lowest BCUT2D eigenvalue weighted by Gasteiger charge is -2.17. The van der Waals surface area contributed by atoms with Crippen LogP contribution in [0.4, 0.5) is 5.95 Å². The van der Waals surface area contributed by atoms with Crippen molar-refractivity contribution in [3.63, 3.8) is 0 Å². The average molecular weight is 492 g/mol. The van der Waals surface area contributed by atoms with Crippen molar-refractivity contribution in [2.45, 2.75) is 25.0 Å². The Morgan fingerprint density at radius 2 is 1.79 bits per heavy atom. The molecule has 0 aliphatic heterocycles. The first-order chi connectivity index (χ1) is 15.9. The highest BCUT2D eigenvalue weighted by Crippen LogP contribution is 2.46. The van der Waals surface area contributed by atoms with Gasteiger partial charge in [-0.25, -0.2) is 9.97 Å². The Kier molecular flexibility index (Phi) is 6.78. The summed E-state index contributed by atoms with van der Waals surface area (Å²) in [5.74, 6) is 0.592. The van der Waals surface area contributed by atoms with E-state index in [1.165, 1.54) is 21.3 Å². The molecule has 0 amide bonds. The predicted molar refractivity (Wildman–Crippen MR) is 126 cm³/mol. The first kappa shape index (κ1) is 23.4. The molecule has 1 aliphatic rings. The van der Waals surface area contributed by atoms with Gasteiger partial charge in [-0.15, -0.1) is 0 Å². The van der Waals surface area contributed by atoms with Gasteiger partial charge in [0.2, 0.25) is 5.95 Å². The van der Waals surface area contributed by atoms with E-state index in [4.69, 9.17) is 37.4 Å². The number of aromatic nitrogens is 2. The maximum absolute atomic E-state index is 11.8. The number of methoxy groups -OCH3 is 3. The van der Waals surface area contributed by atoms with E-state index in [0.29, 0.717) is 51.4 Å². The molecule has 3 atom stereocenters. The van der Waals surface area contributed by atoms with Crippen molar-refractivity contribution in [2.75, 3.05) is 26.6 Å². The Bertz CT molecular complexity index is 1180. The van der Waals surface area contributed by atoms with Crippen molar-refractivity contribution in [3.8, 4) is 22.6 Å². The van der Waals surface area contributed by atoms with E-state index in [1.807, 2.05) is 18.2 Å². The molecule has 1 fully saturated rings. The minimum absolute atomic E-state index is 0.322. The zero-order valence-corrected chi connectivity index (χ0v) is 19.8. The quantitative estimate of drug-likeness (QED) is 0.490. The number of ether oxygens (including phenoxy) is 3. The molecule has 0 spiro atoms. The molecule has 3 aromatic rings. The molecule has 1 heterocycles. The predicted octanol–water partition coefficient (Wildman–Crippen LogP) is 4.35. The average Bonchev–Trinajstić information content (AvgIpc) is 3.18. The number of anilines is 1. The van der Waals surface area contributed by atoms with Gasteiger partial charge in [-0.3, -0.25) is 4.79 Å². The van der Waals surface area contributed by atoms with E-state index < -0.39 is 6.10 Å². The summed E-state index contributed by atoms with van der Waals surface area (Å²) in [6.45, 7) is 0. The number of fused-ring (bicyclic) bond motifs is 1. The molecule has 1 aliphatic carbocycles. The minimum Gasteiger partial charge on any atom is -0.495 e. The Labute approximate surface area is 200 Å². The van der Waals surface area contributed by atoms with Crippen molar-refractivity contribution >= 4 is 46.0 Å². The SMILES string of the molecule is COC(=O)C1C[C@@H](O)[C@H](Nc2ncc3cc(-c4c(Cl)c(OC)cc(OC)c4Cl)ccc3n2)C1. The number of aliphatic hydroxyl groups excluding tert-OH is 1. The van der Waals surface area contributed by atoms with Gasteiger partial charge in [0, 0.05) is 23.2 Å². The van der Waals surface area contributed by atoms with Gasteiger partial charge in [-0.05, 0) is 30.5 Å². The number of nitrogens with one attached hydrogen (secondary N) is 1. The number of carbonyl (C=O) groups is 1. The van der Waals surface area contributed by atoms with Crippen LogP contribution in [-0.2, 0) is 9.53 Å². The molecule has 0 radical (unpaired) electrons. The molecule has 174 valence electrons. The number of halogens is 2. The van der Waals surface area contributed by atoms with E-state index in [2.05, 4.69) is 15.3 Å². The summed E-state index contributed by atoms with van der Waals surface area (Å²) in [7, 11) is 4.39. The number of hydrogen-bond donors (Lipinski definition) is 2. The Morgan fingerprint density at radius 1 is 1.09 bits per heavy atom. The minimum atomic E-state index is -0.692. The van der Waals surface area contributed by atoms with E-state index in [-0.39, 0.29) is 17.9 Å². The Balaban J connectivity index is 1.63. The molecule has 4 rings (SSSR count). The monoisotopic (exact) mass is 491 g/mol. The van der Waals surface area contributed by atoms with Crippen LogP contribution in [0.25, 0.3) is 22.0 Å². The summed E-state index contributed by atoms with van der Waals surface area (Å²) < 4.78 is 15.5. The molecule has 33 heavy (non-hydrogen) atoms. The molecule has 0 saturated heterocycles. The van der Waals surface area contributed by atoms with Gasteiger partial charge in [0.05, 0.1) is 55.0 Å². The zero-order valence-electron chi connectivity index (χ0n) is 18.3. The lowest BCUT2D eigenvalue weighted by molar-refractivity contribution is -0.145. The van der Waals surface area contributed by atoms with Gasteiger partial charge < -0.3 is 24.6 Å². The molecule has 8 nitrogen and oxygen atoms in total. The topological polar surface area (TPSA) is 103 Å². The third-order valence-corrected chi connectivity index (χ3v) is 6.57. The molecule has 0 bridgehead atoms. The first-order valence-electron chi connectivity index (χ1n) is 10.3. The van der Waals surface area contributed by atoms with Crippen LogP contribution >= 0.6 is 23.2 Å². The highest BCUT2D eigenvalue weighted by atomic mass is 35.5. The highest BCUT2D eigenvalue weighted by molar-refractivity contribution is 6.41. The number of aliphatic hydroxyl groups is 1. The van der Waals surface area contributed by atoms with Crippen molar-refractivity contribution in [3.05, 3.63) is 40.5 Å². The van der Waals surface area contributed by atoms with E-state index in [9.17, 15) is 9.90 Å². The second kappa shape index (κ2) is 9.59. The summed E-state index contributed by atoms with van der Waals surface area (Å²) in [5.41, 5.74) is 2.03. The molecular formula is C23H23Cl2N3O5. The number of hydrogen-bond acceptors (Lipinski definition) is 8. The van der Waals surface area contributed by atoms with E-state index in [0.717, 1.165) is 10.9 Å². The standard InChI is InChI=1S/C23H23Cl2N3O5/c1-31-17-9-18(32-2)21(25)19(20(17)24)11-4-5-14-13(6-11)10-26-23(27-14)28-15-7-12(8-16(15)29)22(30)33-3/h4-6,9-10,12,15-16,29H,7-8H2,1-3H3,(H,26,27,28)/t12?,15-,16-/m1/s1. The third kappa shape index (κ3) is 4.51. The van der Waals surface area contributed by atoms with Crippen molar-refractivity contribution in [1.29, 1.82) is 0 Å². The van der Waals surface area contributed by atoms with Crippen LogP contribution in [0.1, 0.15) is 12.8 Å². The van der Waals surface area contributed by atoms with Crippen LogP contribution in [0.15, 0.2) is 30.5 Å². The van der Waals surface area contributed by atoms with Crippen LogP contribution in [0.2, 0.25) is 10.0 Å². The molecule has 10 heteroatoms. The number of esters is 1. The summed E-state index contributed by atoms with van der Waals surface area (Å²) in [6.07, 6.45) is 1.77. The maximum Gasteiger partial charge on any atom is 0.308 e. The highest BCUT2D eigenvalue weighted by Gasteiger charge is 2.37. The second-order valence-electron chi connectivity index (χ2n) is 7.76. The number of benzene rings is 2.